The van der Waals surface area contributed by atoms with Gasteiger partial charge in [0.25, 0.3) is 5.69 Å². The number of benzene rings is 2. The van der Waals surface area contributed by atoms with Crippen LogP contribution in [0.3, 0.4) is 0 Å². The lowest BCUT2D eigenvalue weighted by Crippen LogP contribution is -2.52. The highest BCUT2D eigenvalue weighted by Crippen LogP contribution is 2.24. The smallest absolute Gasteiger partial charge is 0.271 e. The second-order valence-electron chi connectivity index (χ2n) is 8.76. The highest BCUT2D eigenvalue weighted by Gasteiger charge is 2.32. The third-order valence-electron chi connectivity index (χ3n) is 5.34. The molecule has 0 aliphatic carbocycles. The maximum absolute atomic E-state index is 13.5. The summed E-state index contributed by atoms with van der Waals surface area (Å²) in [5.41, 5.74) is 0.150. The summed E-state index contributed by atoms with van der Waals surface area (Å²) in [5.74, 6) is -1.39. The van der Waals surface area contributed by atoms with E-state index in [-0.39, 0.29) is 30.3 Å². The molecular weight excluding hydrogens is 491 g/mol. The number of rotatable bonds is 12. The van der Waals surface area contributed by atoms with Gasteiger partial charge in [0.2, 0.25) is 21.8 Å². The van der Waals surface area contributed by atoms with Crippen molar-refractivity contribution in [2.24, 2.45) is 5.92 Å². The number of carbonyl (C=O) groups excluding carboxylic acids is 2. The zero-order chi connectivity index (χ0) is 27.0. The van der Waals surface area contributed by atoms with E-state index < -0.39 is 45.2 Å². The van der Waals surface area contributed by atoms with E-state index in [0.717, 1.165) is 16.6 Å². The molecule has 2 aromatic carbocycles. The lowest BCUT2D eigenvalue weighted by atomic mass is 10.1. The van der Waals surface area contributed by atoms with Crippen LogP contribution in [0.2, 0.25) is 0 Å². The van der Waals surface area contributed by atoms with Crippen LogP contribution in [0.1, 0.15) is 32.8 Å². The Bertz CT molecular complexity index is 1190. The van der Waals surface area contributed by atoms with Crippen molar-refractivity contribution in [3.05, 3.63) is 70.0 Å². The Balaban J connectivity index is 2.45. The summed E-state index contributed by atoms with van der Waals surface area (Å²) in [6, 6.07) is 9.41. The van der Waals surface area contributed by atoms with Crippen LogP contribution in [-0.4, -0.2) is 55.4 Å². The maximum atomic E-state index is 13.5. The zero-order valence-corrected chi connectivity index (χ0v) is 21.5. The summed E-state index contributed by atoms with van der Waals surface area (Å²) < 4.78 is 39.4. The average Bonchev–Trinajstić information content (AvgIpc) is 2.81. The predicted octanol–water partition coefficient (Wildman–Crippen LogP) is 3.08. The summed E-state index contributed by atoms with van der Waals surface area (Å²) in [6.45, 7) is 5.20. The molecule has 1 atom stereocenters. The molecule has 0 unspecified atom stereocenters. The molecule has 196 valence electrons. The Hall–Kier alpha value is -3.54. The lowest BCUT2D eigenvalue weighted by molar-refractivity contribution is -0.384. The first-order chi connectivity index (χ1) is 16.8. The van der Waals surface area contributed by atoms with E-state index in [1.54, 1.807) is 6.92 Å². The van der Waals surface area contributed by atoms with Crippen LogP contribution in [-0.2, 0) is 26.2 Å². The molecule has 0 aliphatic heterocycles. The fourth-order valence-electron chi connectivity index (χ4n) is 3.50. The van der Waals surface area contributed by atoms with Crippen LogP contribution in [0.5, 0.6) is 0 Å². The third kappa shape index (κ3) is 8.01. The first-order valence-corrected chi connectivity index (χ1v) is 13.2. The van der Waals surface area contributed by atoms with Gasteiger partial charge in [-0.3, -0.25) is 24.0 Å². The first-order valence-electron chi connectivity index (χ1n) is 11.4. The normalized spacial score (nSPS) is 12.2. The topological polar surface area (TPSA) is 130 Å². The highest BCUT2D eigenvalue weighted by molar-refractivity contribution is 7.92. The molecule has 2 aromatic rings. The van der Waals surface area contributed by atoms with Crippen molar-refractivity contribution in [3.63, 3.8) is 0 Å². The Morgan fingerprint density at radius 2 is 1.78 bits per heavy atom. The third-order valence-corrected chi connectivity index (χ3v) is 6.48. The Labute approximate surface area is 210 Å². The van der Waals surface area contributed by atoms with E-state index in [1.165, 1.54) is 47.4 Å². The van der Waals surface area contributed by atoms with Crippen LogP contribution in [0.4, 0.5) is 15.8 Å². The number of amides is 2. The standard InChI is InChI=1S/C24H31FN4O6S/c1-5-22(24(31)26-14-17(2)3)27(15-18-9-11-19(25)12-10-18)23(30)16-28(36(4,34)35)20-7-6-8-21(13-20)29(32)33/h6-13,17,22H,5,14-16H2,1-4H3,(H,26,31)/t22-/m0/s1. The lowest BCUT2D eigenvalue weighted by Gasteiger charge is -2.33. The second kappa shape index (κ2) is 12.4. The number of anilines is 1. The highest BCUT2D eigenvalue weighted by atomic mass is 32.2. The molecule has 12 heteroatoms. The van der Waals surface area contributed by atoms with Crippen LogP contribution < -0.4 is 9.62 Å². The van der Waals surface area contributed by atoms with Crippen LogP contribution in [0, 0.1) is 21.8 Å². The molecule has 0 saturated carbocycles. The Morgan fingerprint density at radius 1 is 1.14 bits per heavy atom. The van der Waals surface area contributed by atoms with E-state index in [2.05, 4.69) is 5.32 Å². The molecule has 0 radical (unpaired) electrons. The van der Waals surface area contributed by atoms with Gasteiger partial charge >= 0.3 is 0 Å². The molecule has 36 heavy (non-hydrogen) atoms. The van der Waals surface area contributed by atoms with Gasteiger partial charge in [-0.05, 0) is 36.1 Å². The van der Waals surface area contributed by atoms with E-state index in [0.29, 0.717) is 12.1 Å². The number of halogens is 1. The summed E-state index contributed by atoms with van der Waals surface area (Å²) >= 11 is 0. The fraction of sp³-hybridized carbons (Fsp3) is 0.417. The van der Waals surface area contributed by atoms with Gasteiger partial charge in [0.15, 0.2) is 0 Å². The molecule has 2 amide bonds. The van der Waals surface area contributed by atoms with Crippen molar-refractivity contribution >= 4 is 33.2 Å². The van der Waals surface area contributed by atoms with Gasteiger partial charge in [0.1, 0.15) is 18.4 Å². The van der Waals surface area contributed by atoms with Crippen molar-refractivity contribution in [2.75, 3.05) is 23.7 Å². The minimum absolute atomic E-state index is 0.0564. The average molecular weight is 523 g/mol. The fourth-order valence-corrected chi connectivity index (χ4v) is 4.35. The number of carbonyl (C=O) groups is 2. The monoisotopic (exact) mass is 522 g/mol. The van der Waals surface area contributed by atoms with E-state index in [4.69, 9.17) is 0 Å². The molecule has 0 saturated heterocycles. The number of nitrogens with one attached hydrogen (secondary N) is 1. The van der Waals surface area contributed by atoms with Crippen LogP contribution >= 0.6 is 0 Å². The number of nitrogens with zero attached hydrogens (tertiary/aromatic N) is 3. The summed E-state index contributed by atoms with van der Waals surface area (Å²) in [7, 11) is -4.03. The van der Waals surface area contributed by atoms with Gasteiger partial charge in [-0.1, -0.05) is 39.0 Å². The van der Waals surface area contributed by atoms with Crippen LogP contribution in [0.15, 0.2) is 48.5 Å². The molecular formula is C24H31FN4O6S. The van der Waals surface area contributed by atoms with Crippen molar-refractivity contribution < 1.29 is 27.3 Å². The zero-order valence-electron chi connectivity index (χ0n) is 20.7. The van der Waals surface area contributed by atoms with Crippen molar-refractivity contribution in [3.8, 4) is 0 Å². The molecule has 10 nitrogen and oxygen atoms in total. The van der Waals surface area contributed by atoms with E-state index in [1.807, 2.05) is 13.8 Å². The summed E-state index contributed by atoms with van der Waals surface area (Å²) in [5, 5.41) is 14.0. The molecule has 0 fully saturated rings. The van der Waals surface area contributed by atoms with Gasteiger partial charge < -0.3 is 10.2 Å². The molecule has 0 heterocycles. The van der Waals surface area contributed by atoms with Crippen molar-refractivity contribution in [1.82, 2.24) is 10.2 Å². The number of hydrogen-bond acceptors (Lipinski definition) is 6. The number of non-ortho nitro benzene ring substituents is 1. The second-order valence-corrected chi connectivity index (χ2v) is 10.7. The molecule has 0 bridgehead atoms. The Kier molecular flexibility index (Phi) is 9.91. The van der Waals surface area contributed by atoms with Gasteiger partial charge in [0.05, 0.1) is 16.9 Å². The summed E-state index contributed by atoms with van der Waals surface area (Å²) in [6.07, 6.45) is 1.13. The Morgan fingerprint density at radius 3 is 2.31 bits per heavy atom. The summed E-state index contributed by atoms with van der Waals surface area (Å²) in [4.78, 5) is 38.3. The molecule has 0 spiro atoms. The number of sulfonamides is 1. The van der Waals surface area contributed by atoms with Gasteiger partial charge in [0, 0.05) is 25.2 Å². The number of nitro groups is 1. The van der Waals surface area contributed by atoms with E-state index in [9.17, 15) is 32.5 Å². The molecule has 0 aliphatic rings. The molecule has 2 rings (SSSR count). The first kappa shape index (κ1) is 28.7. The number of nitro benzene ring substituents is 1. The minimum Gasteiger partial charge on any atom is -0.354 e. The largest absolute Gasteiger partial charge is 0.354 e. The van der Waals surface area contributed by atoms with Crippen molar-refractivity contribution in [2.45, 2.75) is 39.8 Å². The van der Waals surface area contributed by atoms with E-state index >= 15 is 0 Å². The quantitative estimate of drug-likeness (QED) is 0.337. The van der Waals surface area contributed by atoms with Gasteiger partial charge in [-0.25, -0.2) is 12.8 Å². The van der Waals surface area contributed by atoms with Crippen molar-refractivity contribution in [1.29, 1.82) is 0 Å². The number of hydrogen-bond donors (Lipinski definition) is 1. The minimum atomic E-state index is -4.03. The van der Waals surface area contributed by atoms with Gasteiger partial charge in [-0.15, -0.1) is 0 Å². The van der Waals surface area contributed by atoms with Crippen LogP contribution in [0.25, 0.3) is 0 Å². The molecule has 0 aromatic heterocycles. The molecule has 1 N–H and O–H groups in total. The SMILES string of the molecule is CC[C@@H](C(=O)NCC(C)C)N(Cc1ccc(F)cc1)C(=O)CN(c1cccc([N+](=O)[O-])c1)S(C)(=O)=O. The van der Waals surface area contributed by atoms with Gasteiger partial charge in [-0.2, -0.15) is 0 Å². The maximum Gasteiger partial charge on any atom is 0.271 e. The predicted molar refractivity (Wildman–Crippen MR) is 134 cm³/mol.